The maximum Gasteiger partial charge on any atom is 0.434 e. The molecule has 1 aromatic rings. The van der Waals surface area contributed by atoms with E-state index in [-0.39, 0.29) is 12.1 Å². The Hall–Kier alpha value is -1.51. The topological polar surface area (TPSA) is 34.2 Å². The molecule has 0 aromatic carbocycles. The second-order valence-corrected chi connectivity index (χ2v) is 3.59. The fraction of sp³-hybridized carbons (Fsp3) is 0.500. The summed E-state index contributed by atoms with van der Waals surface area (Å²) >= 11 is 0. The van der Waals surface area contributed by atoms with Crippen LogP contribution in [0.1, 0.15) is 5.56 Å². The maximum absolute atomic E-state index is 12.3. The van der Waals surface area contributed by atoms with Crippen molar-refractivity contribution in [1.82, 2.24) is 10.3 Å². The molecule has 0 unspecified atom stereocenters. The molecule has 0 aliphatic rings. The summed E-state index contributed by atoms with van der Waals surface area (Å²) in [4.78, 5) is 3.61. The third-order valence-electron chi connectivity index (χ3n) is 2.07. The van der Waals surface area contributed by atoms with Gasteiger partial charge in [0.1, 0.15) is 5.75 Å². The van der Waals surface area contributed by atoms with Gasteiger partial charge in [-0.1, -0.05) is 0 Å². The van der Waals surface area contributed by atoms with Gasteiger partial charge in [0.05, 0.1) is 0 Å². The van der Waals surface area contributed by atoms with Crippen LogP contribution < -0.4 is 10.1 Å². The van der Waals surface area contributed by atoms with E-state index in [1.165, 1.54) is 7.05 Å². The third kappa shape index (κ3) is 4.27. The highest BCUT2D eigenvalue weighted by molar-refractivity contribution is 5.30. The van der Waals surface area contributed by atoms with Crippen LogP contribution in [-0.2, 0) is 6.54 Å². The summed E-state index contributed by atoms with van der Waals surface area (Å²) in [6, 6.07) is 0.956. The molecule has 0 fully saturated rings. The molecule has 0 radical (unpaired) electrons. The van der Waals surface area contributed by atoms with E-state index in [0.717, 1.165) is 18.5 Å². The van der Waals surface area contributed by atoms with Crippen LogP contribution in [-0.4, -0.2) is 30.5 Å². The number of alkyl halides is 6. The summed E-state index contributed by atoms with van der Waals surface area (Å²) in [5.41, 5.74) is 0.100. The Bertz CT molecular complexity index is 403. The average molecular weight is 288 g/mol. The van der Waals surface area contributed by atoms with E-state index in [4.69, 9.17) is 0 Å². The lowest BCUT2D eigenvalue weighted by Gasteiger charge is -2.24. The molecule has 1 heterocycles. The highest BCUT2D eigenvalue weighted by atomic mass is 19.4. The zero-order valence-corrected chi connectivity index (χ0v) is 9.64. The van der Waals surface area contributed by atoms with Crippen LogP contribution in [0.5, 0.6) is 5.75 Å². The van der Waals surface area contributed by atoms with E-state index in [0.29, 0.717) is 0 Å². The van der Waals surface area contributed by atoms with Gasteiger partial charge in [-0.25, -0.2) is 0 Å². The standard InChI is InChI=1S/C10H10F6N2O/c1-17-4-6-5-18-3-2-7(6)19-8(9(11,12)13)10(14,15)16/h2-3,5,8,17H,4H2,1H3. The second kappa shape index (κ2) is 5.64. The molecule has 1 N–H and O–H groups in total. The Morgan fingerprint density at radius 2 is 1.79 bits per heavy atom. The summed E-state index contributed by atoms with van der Waals surface area (Å²) in [7, 11) is 1.49. The lowest BCUT2D eigenvalue weighted by molar-refractivity contribution is -0.300. The van der Waals surface area contributed by atoms with E-state index in [2.05, 4.69) is 15.0 Å². The minimum Gasteiger partial charge on any atom is -0.471 e. The molecule has 0 aliphatic heterocycles. The van der Waals surface area contributed by atoms with E-state index in [1.54, 1.807) is 0 Å². The quantitative estimate of drug-likeness (QED) is 0.865. The predicted molar refractivity (Wildman–Crippen MR) is 53.5 cm³/mol. The molecular formula is C10H10F6N2O. The summed E-state index contributed by atoms with van der Waals surface area (Å²) in [5, 5.41) is 2.59. The highest BCUT2D eigenvalue weighted by Crippen LogP contribution is 2.37. The van der Waals surface area contributed by atoms with Crippen LogP contribution >= 0.6 is 0 Å². The van der Waals surface area contributed by atoms with Gasteiger partial charge < -0.3 is 10.1 Å². The molecule has 1 aromatic heterocycles. The molecule has 0 bridgehead atoms. The van der Waals surface area contributed by atoms with Crippen molar-refractivity contribution in [2.75, 3.05) is 7.05 Å². The van der Waals surface area contributed by atoms with Crippen molar-refractivity contribution >= 4 is 0 Å². The molecule has 9 heteroatoms. The van der Waals surface area contributed by atoms with E-state index in [9.17, 15) is 26.3 Å². The molecule has 0 saturated heterocycles. The van der Waals surface area contributed by atoms with Crippen LogP contribution in [0.15, 0.2) is 18.5 Å². The Balaban J connectivity index is 3.04. The number of ether oxygens (including phenoxy) is 1. The zero-order valence-electron chi connectivity index (χ0n) is 9.64. The van der Waals surface area contributed by atoms with Crippen molar-refractivity contribution in [3.8, 4) is 5.75 Å². The smallest absolute Gasteiger partial charge is 0.434 e. The largest absolute Gasteiger partial charge is 0.471 e. The summed E-state index contributed by atoms with van der Waals surface area (Å²) in [5.74, 6) is -0.510. The molecular weight excluding hydrogens is 278 g/mol. The van der Waals surface area contributed by atoms with Crippen molar-refractivity contribution in [3.05, 3.63) is 24.0 Å². The van der Waals surface area contributed by atoms with E-state index in [1.807, 2.05) is 0 Å². The van der Waals surface area contributed by atoms with Gasteiger partial charge in [-0.2, -0.15) is 26.3 Å². The number of hydrogen-bond acceptors (Lipinski definition) is 3. The predicted octanol–water partition coefficient (Wildman–Crippen LogP) is 2.67. The van der Waals surface area contributed by atoms with Gasteiger partial charge >= 0.3 is 12.4 Å². The first-order valence-corrected chi connectivity index (χ1v) is 5.04. The zero-order chi connectivity index (χ0) is 14.7. The van der Waals surface area contributed by atoms with Gasteiger partial charge in [0.15, 0.2) is 0 Å². The lowest BCUT2D eigenvalue weighted by atomic mass is 10.2. The van der Waals surface area contributed by atoms with Gasteiger partial charge in [0, 0.05) is 24.5 Å². The van der Waals surface area contributed by atoms with Crippen molar-refractivity contribution < 1.29 is 31.1 Å². The molecule has 19 heavy (non-hydrogen) atoms. The summed E-state index contributed by atoms with van der Waals surface area (Å²) < 4.78 is 78.2. The van der Waals surface area contributed by atoms with Crippen molar-refractivity contribution in [2.45, 2.75) is 25.0 Å². The monoisotopic (exact) mass is 288 g/mol. The fourth-order valence-electron chi connectivity index (χ4n) is 1.30. The first-order valence-electron chi connectivity index (χ1n) is 5.04. The van der Waals surface area contributed by atoms with Crippen LogP contribution in [0.25, 0.3) is 0 Å². The summed E-state index contributed by atoms with van der Waals surface area (Å²) in [6.07, 6.45) is -12.8. The normalized spacial score (nSPS) is 12.8. The van der Waals surface area contributed by atoms with E-state index < -0.39 is 24.2 Å². The maximum atomic E-state index is 12.3. The SMILES string of the molecule is CNCc1cnccc1OC(C(F)(F)F)C(F)(F)F. The molecule has 108 valence electrons. The lowest BCUT2D eigenvalue weighted by Crippen LogP contribution is -2.46. The van der Waals surface area contributed by atoms with Gasteiger partial charge in [0.25, 0.3) is 6.10 Å². The number of nitrogens with zero attached hydrogens (tertiary/aromatic N) is 1. The number of aromatic nitrogens is 1. The average Bonchev–Trinajstić information content (AvgIpc) is 2.25. The molecule has 0 aliphatic carbocycles. The number of pyridine rings is 1. The molecule has 0 amide bonds. The third-order valence-corrected chi connectivity index (χ3v) is 2.07. The van der Waals surface area contributed by atoms with Crippen molar-refractivity contribution in [1.29, 1.82) is 0 Å². The molecule has 3 nitrogen and oxygen atoms in total. The number of rotatable bonds is 4. The fourth-order valence-corrected chi connectivity index (χ4v) is 1.30. The van der Waals surface area contributed by atoms with Gasteiger partial charge in [-0.05, 0) is 13.1 Å². The Labute approximate surface area is 104 Å². The first kappa shape index (κ1) is 15.5. The molecule has 0 atom stereocenters. The van der Waals surface area contributed by atoms with Crippen molar-refractivity contribution in [2.24, 2.45) is 0 Å². The second-order valence-electron chi connectivity index (χ2n) is 3.59. The molecule has 1 rings (SSSR count). The van der Waals surface area contributed by atoms with Crippen LogP contribution in [0.4, 0.5) is 26.3 Å². The van der Waals surface area contributed by atoms with Gasteiger partial charge in [-0.3, -0.25) is 4.98 Å². The number of halogens is 6. The number of hydrogen-bond donors (Lipinski definition) is 1. The van der Waals surface area contributed by atoms with Crippen LogP contribution in [0.2, 0.25) is 0 Å². The van der Waals surface area contributed by atoms with Gasteiger partial charge in [0.2, 0.25) is 0 Å². The molecule has 0 saturated carbocycles. The summed E-state index contributed by atoms with van der Waals surface area (Å²) in [6.45, 7) is 0.0333. The van der Waals surface area contributed by atoms with Gasteiger partial charge in [-0.15, -0.1) is 0 Å². The van der Waals surface area contributed by atoms with E-state index >= 15 is 0 Å². The number of nitrogens with one attached hydrogen (secondary N) is 1. The van der Waals surface area contributed by atoms with Crippen LogP contribution in [0, 0.1) is 0 Å². The first-order chi connectivity index (χ1) is 8.66. The van der Waals surface area contributed by atoms with Crippen LogP contribution in [0.3, 0.4) is 0 Å². The van der Waals surface area contributed by atoms with Crippen molar-refractivity contribution in [3.63, 3.8) is 0 Å². The highest BCUT2D eigenvalue weighted by Gasteiger charge is 2.59. The Morgan fingerprint density at radius 3 is 2.26 bits per heavy atom. The Morgan fingerprint density at radius 1 is 1.21 bits per heavy atom. The Kier molecular flexibility index (Phi) is 4.61. The minimum atomic E-state index is -5.54. The molecule has 0 spiro atoms. The minimum absolute atomic E-state index is 0.0333.